The zero-order chi connectivity index (χ0) is 13.2. The molecular formula is C15H18N2O. The van der Waals surface area contributed by atoms with Gasteiger partial charge < -0.3 is 5.73 Å². The number of carbonyl (C=O) groups excluding carboxylic acids is 1. The molecule has 1 aromatic carbocycles. The predicted octanol–water partition coefficient (Wildman–Crippen LogP) is 2.94. The average molecular weight is 242 g/mol. The van der Waals surface area contributed by atoms with Crippen molar-refractivity contribution in [2.24, 2.45) is 5.73 Å². The molecule has 0 bridgehead atoms. The summed E-state index contributed by atoms with van der Waals surface area (Å²) in [5.41, 5.74) is 6.02. The van der Waals surface area contributed by atoms with Crippen LogP contribution in [0.25, 0.3) is 10.8 Å². The van der Waals surface area contributed by atoms with Gasteiger partial charge in [-0.1, -0.05) is 38.1 Å². The summed E-state index contributed by atoms with van der Waals surface area (Å²) in [7, 11) is 0. The molecule has 94 valence electrons. The van der Waals surface area contributed by atoms with Crippen LogP contribution in [-0.4, -0.2) is 16.3 Å². The molecule has 0 spiro atoms. The van der Waals surface area contributed by atoms with Gasteiger partial charge in [-0.05, 0) is 18.2 Å². The molecule has 0 amide bonds. The Kier molecular flexibility index (Phi) is 3.43. The largest absolute Gasteiger partial charge is 0.319 e. The van der Waals surface area contributed by atoms with Crippen LogP contribution in [0.2, 0.25) is 0 Å². The first-order valence-corrected chi connectivity index (χ1v) is 6.29. The number of pyridine rings is 1. The zero-order valence-electron chi connectivity index (χ0n) is 10.8. The topological polar surface area (TPSA) is 56.0 Å². The number of aromatic nitrogens is 1. The molecular weight excluding hydrogens is 224 g/mol. The van der Waals surface area contributed by atoms with Gasteiger partial charge >= 0.3 is 0 Å². The van der Waals surface area contributed by atoms with Crippen LogP contribution in [0.4, 0.5) is 0 Å². The lowest BCUT2D eigenvalue weighted by molar-refractivity contribution is 0.0881. The summed E-state index contributed by atoms with van der Waals surface area (Å²) in [6, 6.07) is 7.76. The van der Waals surface area contributed by atoms with Gasteiger partial charge in [0, 0.05) is 23.3 Å². The van der Waals surface area contributed by atoms with E-state index in [1.54, 1.807) is 12.4 Å². The number of carbonyl (C=O) groups is 1. The molecule has 0 saturated heterocycles. The summed E-state index contributed by atoms with van der Waals surface area (Å²) in [4.78, 5) is 16.7. The minimum atomic E-state index is -0.786. The highest BCUT2D eigenvalue weighted by Gasteiger charge is 2.31. The van der Waals surface area contributed by atoms with Crippen LogP contribution in [-0.2, 0) is 0 Å². The van der Waals surface area contributed by atoms with Gasteiger partial charge in [-0.25, -0.2) is 0 Å². The summed E-state index contributed by atoms with van der Waals surface area (Å²) in [6.45, 7) is 3.89. The van der Waals surface area contributed by atoms with Crippen molar-refractivity contribution in [2.75, 3.05) is 0 Å². The molecule has 0 aliphatic carbocycles. The maximum Gasteiger partial charge on any atom is 0.184 e. The highest BCUT2D eigenvalue weighted by Crippen LogP contribution is 2.24. The van der Waals surface area contributed by atoms with Crippen molar-refractivity contribution in [1.82, 2.24) is 4.98 Å². The molecule has 0 fully saturated rings. The van der Waals surface area contributed by atoms with E-state index in [4.69, 9.17) is 5.73 Å². The molecule has 0 atom stereocenters. The van der Waals surface area contributed by atoms with Gasteiger partial charge in [0.15, 0.2) is 5.78 Å². The zero-order valence-corrected chi connectivity index (χ0v) is 10.8. The van der Waals surface area contributed by atoms with Gasteiger partial charge in [-0.15, -0.1) is 0 Å². The van der Waals surface area contributed by atoms with Crippen LogP contribution in [0.1, 0.15) is 37.0 Å². The van der Waals surface area contributed by atoms with E-state index < -0.39 is 5.54 Å². The van der Waals surface area contributed by atoms with E-state index in [1.165, 1.54) is 0 Å². The minimum absolute atomic E-state index is 0.0169. The third-order valence-electron chi connectivity index (χ3n) is 3.63. The number of rotatable bonds is 4. The highest BCUT2D eigenvalue weighted by atomic mass is 16.1. The van der Waals surface area contributed by atoms with Crippen molar-refractivity contribution in [3.8, 4) is 0 Å². The number of nitrogens with two attached hydrogens (primary N) is 1. The van der Waals surface area contributed by atoms with Gasteiger partial charge in [0.2, 0.25) is 0 Å². The molecule has 0 aliphatic rings. The number of Topliss-reactive ketones (excluding diaryl/α,β-unsaturated/α-hetero) is 1. The van der Waals surface area contributed by atoms with Gasteiger partial charge in [0.1, 0.15) is 0 Å². The Labute approximate surface area is 107 Å². The van der Waals surface area contributed by atoms with Crippen LogP contribution in [0.3, 0.4) is 0 Å². The summed E-state index contributed by atoms with van der Waals surface area (Å²) in [6.07, 6.45) is 4.65. The Morgan fingerprint density at radius 1 is 1.22 bits per heavy atom. The van der Waals surface area contributed by atoms with Crippen molar-refractivity contribution < 1.29 is 4.79 Å². The molecule has 3 heteroatoms. The lowest BCUT2D eigenvalue weighted by Gasteiger charge is -2.25. The molecule has 0 aliphatic heterocycles. The van der Waals surface area contributed by atoms with Crippen molar-refractivity contribution in [1.29, 1.82) is 0 Å². The molecule has 1 heterocycles. The number of fused-ring (bicyclic) bond motifs is 1. The van der Waals surface area contributed by atoms with Crippen molar-refractivity contribution in [3.63, 3.8) is 0 Å². The first-order chi connectivity index (χ1) is 8.62. The monoisotopic (exact) mass is 242 g/mol. The second kappa shape index (κ2) is 4.86. The lowest BCUT2D eigenvalue weighted by atomic mass is 9.84. The van der Waals surface area contributed by atoms with Crippen LogP contribution in [0, 0.1) is 0 Å². The Hall–Kier alpha value is -1.74. The molecule has 3 nitrogen and oxygen atoms in total. The van der Waals surface area contributed by atoms with Crippen molar-refractivity contribution in [3.05, 3.63) is 42.2 Å². The number of benzene rings is 1. The van der Waals surface area contributed by atoms with E-state index in [0.29, 0.717) is 18.4 Å². The van der Waals surface area contributed by atoms with Crippen LogP contribution in [0.5, 0.6) is 0 Å². The molecule has 0 radical (unpaired) electrons. The van der Waals surface area contributed by atoms with Crippen LogP contribution < -0.4 is 5.73 Å². The third-order valence-corrected chi connectivity index (χ3v) is 3.63. The summed E-state index contributed by atoms with van der Waals surface area (Å²) < 4.78 is 0. The number of ketones is 1. The maximum absolute atomic E-state index is 12.6. The van der Waals surface area contributed by atoms with Gasteiger partial charge in [0.05, 0.1) is 5.54 Å². The van der Waals surface area contributed by atoms with Crippen molar-refractivity contribution >= 4 is 16.6 Å². The van der Waals surface area contributed by atoms with Crippen LogP contribution >= 0.6 is 0 Å². The first kappa shape index (κ1) is 12.7. The minimum Gasteiger partial charge on any atom is -0.319 e. The fourth-order valence-corrected chi connectivity index (χ4v) is 2.14. The van der Waals surface area contributed by atoms with E-state index in [9.17, 15) is 4.79 Å². The SMILES string of the molecule is CCC(N)(CC)C(=O)c1cncc2ccccc12. The fourth-order valence-electron chi connectivity index (χ4n) is 2.14. The standard InChI is InChI=1S/C15H18N2O/c1-3-15(16,4-2)14(18)13-10-17-9-11-7-5-6-8-12(11)13/h5-10H,3-4,16H2,1-2H3. The fraction of sp³-hybridized carbons (Fsp3) is 0.333. The Bertz CT molecular complexity index is 568. The Morgan fingerprint density at radius 3 is 2.56 bits per heavy atom. The highest BCUT2D eigenvalue weighted by molar-refractivity contribution is 6.11. The first-order valence-electron chi connectivity index (χ1n) is 6.29. The number of nitrogens with zero attached hydrogens (tertiary/aromatic N) is 1. The maximum atomic E-state index is 12.6. The molecule has 2 N–H and O–H groups in total. The number of hydrogen-bond donors (Lipinski definition) is 1. The Balaban J connectivity index is 2.58. The lowest BCUT2D eigenvalue weighted by Crippen LogP contribution is -2.46. The van der Waals surface area contributed by atoms with E-state index in [0.717, 1.165) is 10.8 Å². The second-order valence-electron chi connectivity index (χ2n) is 4.60. The molecule has 18 heavy (non-hydrogen) atoms. The second-order valence-corrected chi connectivity index (χ2v) is 4.60. The molecule has 2 aromatic rings. The van der Waals surface area contributed by atoms with E-state index in [2.05, 4.69) is 4.98 Å². The smallest absolute Gasteiger partial charge is 0.184 e. The average Bonchev–Trinajstić information content (AvgIpc) is 2.45. The molecule has 0 unspecified atom stereocenters. The van der Waals surface area contributed by atoms with Crippen molar-refractivity contribution in [2.45, 2.75) is 32.2 Å². The Morgan fingerprint density at radius 2 is 1.89 bits per heavy atom. The number of hydrogen-bond acceptors (Lipinski definition) is 3. The molecule has 1 aromatic heterocycles. The molecule has 0 saturated carbocycles. The quantitative estimate of drug-likeness (QED) is 0.839. The van der Waals surface area contributed by atoms with Gasteiger partial charge in [-0.3, -0.25) is 9.78 Å². The van der Waals surface area contributed by atoms with Crippen LogP contribution in [0.15, 0.2) is 36.7 Å². The predicted molar refractivity (Wildman–Crippen MR) is 73.6 cm³/mol. The van der Waals surface area contributed by atoms with E-state index >= 15 is 0 Å². The van der Waals surface area contributed by atoms with E-state index in [-0.39, 0.29) is 5.78 Å². The summed E-state index contributed by atoms with van der Waals surface area (Å²) >= 11 is 0. The van der Waals surface area contributed by atoms with E-state index in [1.807, 2.05) is 38.1 Å². The normalized spacial score (nSPS) is 11.7. The summed E-state index contributed by atoms with van der Waals surface area (Å²) in [5.74, 6) is -0.0169. The summed E-state index contributed by atoms with van der Waals surface area (Å²) in [5, 5.41) is 1.90. The third kappa shape index (κ3) is 2.02. The van der Waals surface area contributed by atoms with Gasteiger partial charge in [0.25, 0.3) is 0 Å². The van der Waals surface area contributed by atoms with Gasteiger partial charge in [-0.2, -0.15) is 0 Å². The molecule has 2 rings (SSSR count).